The van der Waals surface area contributed by atoms with E-state index in [4.69, 9.17) is 10.5 Å². The van der Waals surface area contributed by atoms with E-state index >= 15 is 0 Å². The molecule has 4 N–H and O–H groups in total. The summed E-state index contributed by atoms with van der Waals surface area (Å²) >= 11 is 0. The summed E-state index contributed by atoms with van der Waals surface area (Å²) in [6, 6.07) is 12.1. The standard InChI is InChI=1S/C24H23N5O6/c1-26-10-16(14-5-3-4-6-18(14)26)20-21(23(31)28(22(20)30)12-35-24(25)32)17-11-27(2)19-9-13(29(33)34)7-8-15(17)19/h3-11,22-23,30-31H,12H2,1-2H3,(H2,25,32). The molecule has 2 atom stereocenters. The number of nitro groups is 1. The Kier molecular flexibility index (Phi) is 5.32. The van der Waals surface area contributed by atoms with Gasteiger partial charge in [-0.2, -0.15) is 0 Å². The van der Waals surface area contributed by atoms with E-state index in [1.807, 2.05) is 42.1 Å². The van der Waals surface area contributed by atoms with Gasteiger partial charge in [0, 0.05) is 77.2 Å². The third-order valence-electron chi connectivity index (χ3n) is 6.45. The first-order chi connectivity index (χ1) is 16.7. The minimum Gasteiger partial charge on any atom is -0.433 e. The van der Waals surface area contributed by atoms with Crippen LogP contribution in [0.1, 0.15) is 11.1 Å². The predicted octanol–water partition coefficient (Wildman–Crippen LogP) is 2.49. The molecule has 2 aromatic carbocycles. The molecule has 0 aliphatic carbocycles. The Balaban J connectivity index is 1.77. The maximum absolute atomic E-state index is 11.4. The number of nitrogens with zero attached hydrogens (tertiary/aromatic N) is 4. The molecule has 5 rings (SSSR count). The van der Waals surface area contributed by atoms with Crippen molar-refractivity contribution in [3.8, 4) is 0 Å². The van der Waals surface area contributed by atoms with E-state index < -0.39 is 30.2 Å². The lowest BCUT2D eigenvalue weighted by molar-refractivity contribution is -0.384. The van der Waals surface area contributed by atoms with Gasteiger partial charge in [-0.3, -0.25) is 10.1 Å². The van der Waals surface area contributed by atoms with Crippen LogP contribution in [0.5, 0.6) is 0 Å². The van der Waals surface area contributed by atoms with Gasteiger partial charge in [-0.1, -0.05) is 18.2 Å². The minimum absolute atomic E-state index is 0.0583. The number of carbonyl (C=O) groups is 1. The monoisotopic (exact) mass is 477 g/mol. The average Bonchev–Trinajstić information content (AvgIpc) is 3.41. The largest absolute Gasteiger partial charge is 0.433 e. The van der Waals surface area contributed by atoms with Crippen LogP contribution in [0.25, 0.3) is 33.0 Å². The van der Waals surface area contributed by atoms with Gasteiger partial charge in [0.05, 0.1) is 10.4 Å². The Morgan fingerprint density at radius 3 is 2.17 bits per heavy atom. The number of ether oxygens (including phenoxy) is 1. The van der Waals surface area contributed by atoms with Crippen molar-refractivity contribution in [3.05, 3.63) is 76.1 Å². The molecular formula is C24H23N5O6. The molecule has 11 heteroatoms. The number of aliphatic hydroxyl groups is 2. The number of aromatic nitrogens is 2. The molecule has 0 fully saturated rings. The first-order valence-electron chi connectivity index (χ1n) is 10.8. The molecule has 3 heterocycles. The smallest absolute Gasteiger partial charge is 0.405 e. The second-order valence-corrected chi connectivity index (χ2v) is 8.46. The zero-order valence-corrected chi connectivity index (χ0v) is 19.0. The van der Waals surface area contributed by atoms with Gasteiger partial charge in [-0.25, -0.2) is 9.69 Å². The molecule has 4 aromatic rings. The van der Waals surface area contributed by atoms with Crippen LogP contribution in [-0.2, 0) is 18.8 Å². The van der Waals surface area contributed by atoms with Gasteiger partial charge < -0.3 is 29.8 Å². The Labute approximate surface area is 199 Å². The number of amides is 1. The topological polar surface area (TPSA) is 149 Å². The zero-order valence-electron chi connectivity index (χ0n) is 19.0. The van der Waals surface area contributed by atoms with Crippen LogP contribution in [-0.4, -0.2) is 54.5 Å². The Morgan fingerprint density at radius 1 is 1.00 bits per heavy atom. The summed E-state index contributed by atoms with van der Waals surface area (Å²) in [4.78, 5) is 23.3. The van der Waals surface area contributed by atoms with Crippen LogP contribution in [0, 0.1) is 10.1 Å². The quantitative estimate of drug-likeness (QED) is 0.295. The van der Waals surface area contributed by atoms with Gasteiger partial charge in [0.1, 0.15) is 12.5 Å². The number of primary amides is 1. The summed E-state index contributed by atoms with van der Waals surface area (Å²) in [5, 5.41) is 35.5. The van der Waals surface area contributed by atoms with Crippen LogP contribution < -0.4 is 5.73 Å². The molecular weight excluding hydrogens is 454 g/mol. The highest BCUT2D eigenvalue weighted by atomic mass is 16.6. The van der Waals surface area contributed by atoms with Crippen LogP contribution in [0.2, 0.25) is 0 Å². The third kappa shape index (κ3) is 3.53. The molecule has 1 amide bonds. The number of rotatable bonds is 5. The summed E-state index contributed by atoms with van der Waals surface area (Å²) in [7, 11) is 3.63. The van der Waals surface area contributed by atoms with Crippen molar-refractivity contribution in [2.24, 2.45) is 19.8 Å². The summed E-state index contributed by atoms with van der Waals surface area (Å²) < 4.78 is 8.54. The zero-order chi connectivity index (χ0) is 25.0. The maximum atomic E-state index is 11.4. The van der Waals surface area contributed by atoms with Crippen LogP contribution in [0.4, 0.5) is 10.5 Å². The molecule has 0 spiro atoms. The molecule has 0 saturated heterocycles. The van der Waals surface area contributed by atoms with Gasteiger partial charge in [-0.05, 0) is 12.1 Å². The summed E-state index contributed by atoms with van der Waals surface area (Å²) in [5.41, 5.74) is 8.71. The van der Waals surface area contributed by atoms with E-state index in [0.717, 1.165) is 10.9 Å². The van der Waals surface area contributed by atoms with Gasteiger partial charge >= 0.3 is 6.09 Å². The molecule has 11 nitrogen and oxygen atoms in total. The van der Waals surface area contributed by atoms with Crippen molar-refractivity contribution in [1.29, 1.82) is 0 Å². The highest BCUT2D eigenvalue weighted by molar-refractivity contribution is 6.08. The summed E-state index contributed by atoms with van der Waals surface area (Å²) in [6.07, 6.45) is -0.0901. The highest BCUT2D eigenvalue weighted by Crippen LogP contribution is 2.45. The second kappa shape index (κ2) is 8.24. The van der Waals surface area contributed by atoms with Crippen molar-refractivity contribution in [3.63, 3.8) is 0 Å². The van der Waals surface area contributed by atoms with E-state index in [9.17, 15) is 25.1 Å². The van der Waals surface area contributed by atoms with E-state index in [-0.39, 0.29) is 5.69 Å². The van der Waals surface area contributed by atoms with Crippen LogP contribution in [0.15, 0.2) is 54.9 Å². The molecule has 0 saturated carbocycles. The fourth-order valence-electron chi connectivity index (χ4n) is 4.85. The summed E-state index contributed by atoms with van der Waals surface area (Å²) in [5.74, 6) is 0. The summed E-state index contributed by atoms with van der Waals surface area (Å²) in [6.45, 7) is -0.439. The van der Waals surface area contributed by atoms with E-state index in [1.54, 1.807) is 23.9 Å². The average molecular weight is 477 g/mol. The molecule has 0 bridgehead atoms. The number of para-hydroxylation sites is 1. The van der Waals surface area contributed by atoms with Gasteiger partial charge in [0.2, 0.25) is 0 Å². The number of hydrogen-bond acceptors (Lipinski definition) is 7. The number of non-ortho nitro benzene ring substituents is 1. The number of hydrogen-bond donors (Lipinski definition) is 3. The number of benzene rings is 2. The number of aryl methyl sites for hydroxylation is 2. The van der Waals surface area contributed by atoms with E-state index in [0.29, 0.717) is 33.2 Å². The van der Waals surface area contributed by atoms with Crippen molar-refractivity contribution < 1.29 is 24.7 Å². The lowest BCUT2D eigenvalue weighted by Gasteiger charge is -2.24. The maximum Gasteiger partial charge on any atom is 0.405 e. The Bertz CT molecular complexity index is 1530. The fourth-order valence-corrected chi connectivity index (χ4v) is 4.85. The Hall–Kier alpha value is -4.19. The van der Waals surface area contributed by atoms with E-state index in [2.05, 4.69) is 0 Å². The van der Waals surface area contributed by atoms with Gasteiger partial charge in [-0.15, -0.1) is 0 Å². The molecule has 2 aromatic heterocycles. The molecule has 1 aliphatic rings. The SMILES string of the molecule is Cn1cc(C2=C(c3cn(C)c4cc([N+](=O)[O-])ccc34)C(O)N(COC(N)=O)C2O)c2ccccc21. The first-order valence-corrected chi connectivity index (χ1v) is 10.8. The lowest BCUT2D eigenvalue weighted by atomic mass is 9.95. The molecule has 2 unspecified atom stereocenters. The van der Waals surface area contributed by atoms with E-state index in [1.165, 1.54) is 17.0 Å². The highest BCUT2D eigenvalue weighted by Gasteiger charge is 2.42. The lowest BCUT2D eigenvalue weighted by Crippen LogP contribution is -2.41. The molecule has 35 heavy (non-hydrogen) atoms. The van der Waals surface area contributed by atoms with Crippen molar-refractivity contribution in [2.45, 2.75) is 12.5 Å². The number of fused-ring (bicyclic) bond motifs is 2. The molecule has 180 valence electrons. The molecule has 0 radical (unpaired) electrons. The molecule has 1 aliphatic heterocycles. The Morgan fingerprint density at radius 2 is 1.57 bits per heavy atom. The first kappa shape index (κ1) is 22.6. The van der Waals surface area contributed by atoms with Gasteiger partial charge in [0.25, 0.3) is 5.69 Å². The fraction of sp³-hybridized carbons (Fsp3) is 0.208. The predicted molar refractivity (Wildman–Crippen MR) is 129 cm³/mol. The minimum atomic E-state index is -1.35. The number of nitrogens with two attached hydrogens (primary N) is 1. The van der Waals surface area contributed by atoms with Crippen molar-refractivity contribution in [1.82, 2.24) is 14.0 Å². The normalized spacial score (nSPS) is 18.6. The second-order valence-electron chi connectivity index (χ2n) is 8.46. The van der Waals surface area contributed by atoms with Crippen LogP contribution >= 0.6 is 0 Å². The number of aliphatic hydroxyl groups excluding tert-OH is 2. The van der Waals surface area contributed by atoms with Crippen molar-refractivity contribution >= 4 is 44.7 Å². The van der Waals surface area contributed by atoms with Gasteiger partial charge in [0.15, 0.2) is 6.73 Å². The third-order valence-corrected chi connectivity index (χ3v) is 6.45. The van der Waals surface area contributed by atoms with Crippen molar-refractivity contribution in [2.75, 3.05) is 6.73 Å². The number of nitro benzene ring substituents is 1. The van der Waals surface area contributed by atoms with Crippen LogP contribution in [0.3, 0.4) is 0 Å². The number of carbonyl (C=O) groups excluding carboxylic acids is 1.